The third-order valence-corrected chi connectivity index (χ3v) is 4.16. The Labute approximate surface area is 141 Å². The van der Waals surface area contributed by atoms with Crippen LogP contribution in [-0.4, -0.2) is 11.9 Å². The molecular formula is C19H21ClFNO. The largest absolute Gasteiger partial charge is 0.349 e. The number of rotatable bonds is 5. The van der Waals surface area contributed by atoms with Gasteiger partial charge in [0.2, 0.25) is 0 Å². The van der Waals surface area contributed by atoms with Crippen molar-refractivity contribution in [3.05, 3.63) is 70.5 Å². The lowest BCUT2D eigenvalue weighted by Crippen LogP contribution is -2.37. The van der Waals surface area contributed by atoms with E-state index in [1.54, 1.807) is 0 Å². The minimum absolute atomic E-state index is 0.0127. The van der Waals surface area contributed by atoms with E-state index in [-0.39, 0.29) is 22.0 Å². The zero-order valence-electron chi connectivity index (χ0n) is 13.6. The van der Waals surface area contributed by atoms with Gasteiger partial charge in [0.05, 0.1) is 5.56 Å². The number of hydrogen-bond acceptors (Lipinski definition) is 1. The van der Waals surface area contributed by atoms with Gasteiger partial charge in [0.25, 0.3) is 5.91 Å². The van der Waals surface area contributed by atoms with E-state index in [1.165, 1.54) is 17.7 Å². The fourth-order valence-corrected chi connectivity index (χ4v) is 2.96. The molecule has 0 unspecified atom stereocenters. The predicted molar refractivity (Wildman–Crippen MR) is 92.4 cm³/mol. The fourth-order valence-electron chi connectivity index (χ4n) is 2.80. The van der Waals surface area contributed by atoms with Gasteiger partial charge in [-0.3, -0.25) is 4.79 Å². The van der Waals surface area contributed by atoms with Crippen LogP contribution in [0.3, 0.4) is 0 Å². The van der Waals surface area contributed by atoms with Gasteiger partial charge in [-0.15, -0.1) is 0 Å². The minimum atomic E-state index is -0.607. The molecule has 2 rings (SSSR count). The molecule has 0 aliphatic carbocycles. The van der Waals surface area contributed by atoms with Crippen molar-refractivity contribution >= 4 is 17.5 Å². The van der Waals surface area contributed by atoms with Crippen LogP contribution in [0.1, 0.15) is 43.1 Å². The number of halogens is 2. The Morgan fingerprint density at radius 2 is 1.87 bits per heavy atom. The molecule has 23 heavy (non-hydrogen) atoms. The summed E-state index contributed by atoms with van der Waals surface area (Å²) in [5, 5.41) is 3.14. The summed E-state index contributed by atoms with van der Waals surface area (Å²) in [7, 11) is 0. The van der Waals surface area contributed by atoms with Crippen LogP contribution in [-0.2, 0) is 5.41 Å². The lowest BCUT2D eigenvalue weighted by molar-refractivity contribution is 0.0930. The molecule has 0 saturated heterocycles. The molecular weight excluding hydrogens is 313 g/mol. The molecule has 0 bridgehead atoms. The Kier molecular flexibility index (Phi) is 5.42. The zero-order chi connectivity index (χ0) is 17.0. The summed E-state index contributed by atoms with van der Waals surface area (Å²) >= 11 is 5.71. The van der Waals surface area contributed by atoms with Gasteiger partial charge in [0.1, 0.15) is 5.82 Å². The Balaban J connectivity index is 2.04. The van der Waals surface area contributed by atoms with Crippen molar-refractivity contribution in [3.8, 4) is 0 Å². The van der Waals surface area contributed by atoms with Crippen LogP contribution in [0.5, 0.6) is 0 Å². The monoisotopic (exact) mass is 333 g/mol. The Bertz CT molecular complexity index is 685. The molecule has 0 spiro atoms. The predicted octanol–water partition coefficient (Wildman–Crippen LogP) is 4.97. The summed E-state index contributed by atoms with van der Waals surface area (Å²) in [4.78, 5) is 12.2. The first-order chi connectivity index (χ1) is 10.8. The summed E-state index contributed by atoms with van der Waals surface area (Å²) < 4.78 is 13.8. The highest BCUT2D eigenvalue weighted by Crippen LogP contribution is 2.28. The van der Waals surface area contributed by atoms with Crippen LogP contribution >= 0.6 is 11.6 Å². The molecule has 0 aromatic heterocycles. The van der Waals surface area contributed by atoms with Gasteiger partial charge in [-0.25, -0.2) is 4.39 Å². The van der Waals surface area contributed by atoms with Crippen LogP contribution in [0.15, 0.2) is 48.5 Å². The number of hydrogen-bond donors (Lipinski definition) is 1. The first-order valence-electron chi connectivity index (χ1n) is 7.61. The molecule has 1 atom stereocenters. The number of benzene rings is 2. The third kappa shape index (κ3) is 4.55. The highest BCUT2D eigenvalue weighted by Gasteiger charge is 2.24. The van der Waals surface area contributed by atoms with E-state index >= 15 is 0 Å². The number of carbonyl (C=O) groups excluding carboxylic acids is 1. The van der Waals surface area contributed by atoms with Crippen molar-refractivity contribution in [2.75, 3.05) is 0 Å². The number of carbonyl (C=O) groups is 1. The molecule has 0 saturated carbocycles. The van der Waals surface area contributed by atoms with Crippen molar-refractivity contribution in [2.24, 2.45) is 0 Å². The quantitative estimate of drug-likeness (QED) is 0.822. The van der Waals surface area contributed by atoms with Crippen molar-refractivity contribution in [1.82, 2.24) is 5.32 Å². The van der Waals surface area contributed by atoms with Crippen molar-refractivity contribution in [1.29, 1.82) is 0 Å². The summed E-state index contributed by atoms with van der Waals surface area (Å²) in [6.45, 7) is 6.19. The van der Waals surface area contributed by atoms with Crippen LogP contribution in [0.25, 0.3) is 0 Å². The van der Waals surface area contributed by atoms with E-state index < -0.39 is 11.7 Å². The van der Waals surface area contributed by atoms with Crippen LogP contribution in [0, 0.1) is 5.82 Å². The Morgan fingerprint density at radius 3 is 2.48 bits per heavy atom. The molecule has 0 heterocycles. The molecule has 122 valence electrons. The van der Waals surface area contributed by atoms with Crippen molar-refractivity contribution in [3.63, 3.8) is 0 Å². The number of amides is 1. The van der Waals surface area contributed by atoms with E-state index in [0.29, 0.717) is 0 Å². The second-order valence-electron chi connectivity index (χ2n) is 6.45. The Morgan fingerprint density at radius 1 is 1.22 bits per heavy atom. The van der Waals surface area contributed by atoms with E-state index in [1.807, 2.05) is 25.1 Å². The van der Waals surface area contributed by atoms with E-state index in [9.17, 15) is 9.18 Å². The molecule has 2 nitrogen and oxygen atoms in total. The molecule has 1 N–H and O–H groups in total. The molecule has 1 amide bonds. The fraction of sp³-hybridized carbons (Fsp3) is 0.316. The third-order valence-electron chi connectivity index (χ3n) is 3.93. The molecule has 2 aromatic rings. The van der Waals surface area contributed by atoms with Gasteiger partial charge >= 0.3 is 0 Å². The first-order valence-corrected chi connectivity index (χ1v) is 7.99. The standard InChI is InChI=1S/C19H21ClFNO/c1-13(12-19(2,3)14-7-5-4-6-8-14)22-18(23)16-10-9-15(20)11-17(16)21/h4-11,13H,12H2,1-3H3,(H,22,23)/t13-/m0/s1. The van der Waals surface area contributed by atoms with Gasteiger partial charge in [-0.05, 0) is 42.5 Å². The van der Waals surface area contributed by atoms with E-state index in [0.717, 1.165) is 12.5 Å². The van der Waals surface area contributed by atoms with Gasteiger partial charge in [0, 0.05) is 11.1 Å². The van der Waals surface area contributed by atoms with Gasteiger partial charge in [0.15, 0.2) is 0 Å². The number of nitrogens with one attached hydrogen (secondary N) is 1. The second kappa shape index (κ2) is 7.14. The smallest absolute Gasteiger partial charge is 0.254 e. The summed E-state index contributed by atoms with van der Waals surface area (Å²) in [6, 6.07) is 14.1. The topological polar surface area (TPSA) is 29.1 Å². The van der Waals surface area contributed by atoms with Crippen LogP contribution in [0.2, 0.25) is 5.02 Å². The Hall–Kier alpha value is -1.87. The van der Waals surface area contributed by atoms with Crippen LogP contribution in [0.4, 0.5) is 4.39 Å². The van der Waals surface area contributed by atoms with E-state index in [4.69, 9.17) is 11.6 Å². The maximum absolute atomic E-state index is 13.8. The molecule has 4 heteroatoms. The zero-order valence-corrected chi connectivity index (χ0v) is 14.3. The molecule has 2 aromatic carbocycles. The summed E-state index contributed by atoms with van der Waals surface area (Å²) in [5.74, 6) is -1.03. The van der Waals surface area contributed by atoms with Gasteiger partial charge in [-0.2, -0.15) is 0 Å². The minimum Gasteiger partial charge on any atom is -0.349 e. The van der Waals surface area contributed by atoms with Crippen molar-refractivity contribution in [2.45, 2.75) is 38.6 Å². The average molecular weight is 334 g/mol. The molecule has 0 fully saturated rings. The molecule has 0 aliphatic rings. The van der Waals surface area contributed by atoms with E-state index in [2.05, 4.69) is 31.3 Å². The summed E-state index contributed by atoms with van der Waals surface area (Å²) in [6.07, 6.45) is 0.748. The first kappa shape index (κ1) is 17.5. The maximum Gasteiger partial charge on any atom is 0.254 e. The second-order valence-corrected chi connectivity index (χ2v) is 6.89. The van der Waals surface area contributed by atoms with Gasteiger partial charge in [-0.1, -0.05) is 55.8 Å². The van der Waals surface area contributed by atoms with Crippen LogP contribution < -0.4 is 5.32 Å². The summed E-state index contributed by atoms with van der Waals surface area (Å²) in [5.41, 5.74) is 1.13. The SMILES string of the molecule is C[C@@H](CC(C)(C)c1ccccc1)NC(=O)c1ccc(Cl)cc1F. The molecule has 0 aliphatic heterocycles. The lowest BCUT2D eigenvalue weighted by Gasteiger charge is -2.29. The average Bonchev–Trinajstić information content (AvgIpc) is 2.47. The van der Waals surface area contributed by atoms with Gasteiger partial charge < -0.3 is 5.32 Å². The highest BCUT2D eigenvalue weighted by molar-refractivity contribution is 6.30. The molecule has 0 radical (unpaired) electrons. The van der Waals surface area contributed by atoms with Crippen molar-refractivity contribution < 1.29 is 9.18 Å². The normalized spacial score (nSPS) is 12.7. The highest BCUT2D eigenvalue weighted by atomic mass is 35.5. The maximum atomic E-state index is 13.8. The lowest BCUT2D eigenvalue weighted by atomic mass is 9.79.